The van der Waals surface area contributed by atoms with Crippen LogP contribution in [0.4, 0.5) is 0 Å². The SMILES string of the molecule is CCCN.O=C1CCC(=O)N1. The molecule has 2 amide bonds. The third-order valence-electron chi connectivity index (χ3n) is 1.15. The predicted molar refractivity (Wildman–Crippen MR) is 41.7 cm³/mol. The van der Waals surface area contributed by atoms with Crippen LogP contribution in [-0.4, -0.2) is 18.4 Å². The summed E-state index contributed by atoms with van der Waals surface area (Å²) in [4.78, 5) is 20.2. The van der Waals surface area contributed by atoms with Gasteiger partial charge in [-0.2, -0.15) is 0 Å². The van der Waals surface area contributed by atoms with Gasteiger partial charge in [-0.1, -0.05) is 6.92 Å². The molecule has 0 aromatic carbocycles. The Labute approximate surface area is 66.1 Å². The van der Waals surface area contributed by atoms with E-state index in [1.165, 1.54) is 0 Å². The maximum absolute atomic E-state index is 10.1. The van der Waals surface area contributed by atoms with Crippen molar-refractivity contribution < 1.29 is 9.59 Å². The Bertz CT molecular complexity index is 129. The van der Waals surface area contributed by atoms with Gasteiger partial charge in [0.15, 0.2) is 0 Å². The molecule has 1 aliphatic heterocycles. The molecule has 4 nitrogen and oxygen atoms in total. The minimum absolute atomic E-state index is 0.148. The molecular formula is C7H14N2O2. The topological polar surface area (TPSA) is 72.2 Å². The molecular weight excluding hydrogens is 144 g/mol. The first-order chi connectivity index (χ1) is 5.20. The third-order valence-corrected chi connectivity index (χ3v) is 1.15. The molecule has 1 rings (SSSR count). The maximum Gasteiger partial charge on any atom is 0.227 e. The van der Waals surface area contributed by atoms with E-state index < -0.39 is 0 Å². The normalized spacial score (nSPS) is 15.5. The highest BCUT2D eigenvalue weighted by atomic mass is 16.2. The maximum atomic E-state index is 10.1. The monoisotopic (exact) mass is 158 g/mol. The summed E-state index contributed by atoms with van der Waals surface area (Å²) in [7, 11) is 0. The van der Waals surface area contributed by atoms with Crippen LogP contribution >= 0.6 is 0 Å². The number of nitrogens with two attached hydrogens (primary N) is 1. The molecule has 11 heavy (non-hydrogen) atoms. The molecule has 0 aromatic rings. The van der Waals surface area contributed by atoms with E-state index in [0.717, 1.165) is 13.0 Å². The van der Waals surface area contributed by atoms with Crippen LogP contribution in [0.2, 0.25) is 0 Å². The minimum atomic E-state index is -0.148. The standard InChI is InChI=1S/C4H5NO2.C3H9N/c6-3-1-2-4(7)5-3;1-2-3-4/h1-2H2,(H,5,6,7);2-4H2,1H3. The van der Waals surface area contributed by atoms with E-state index in [9.17, 15) is 9.59 Å². The first-order valence-electron chi connectivity index (χ1n) is 3.73. The summed E-state index contributed by atoms with van der Waals surface area (Å²) in [6.07, 6.45) is 1.84. The lowest BCUT2D eigenvalue weighted by Crippen LogP contribution is -2.18. The summed E-state index contributed by atoms with van der Waals surface area (Å²) in [5.41, 5.74) is 5.03. The van der Waals surface area contributed by atoms with Crippen LogP contribution in [0.1, 0.15) is 26.2 Å². The lowest BCUT2D eigenvalue weighted by atomic mass is 10.4. The zero-order chi connectivity index (χ0) is 8.69. The second-order valence-electron chi connectivity index (χ2n) is 2.26. The average Bonchev–Trinajstić information content (AvgIpc) is 2.35. The number of rotatable bonds is 1. The number of nitrogens with one attached hydrogen (secondary N) is 1. The van der Waals surface area contributed by atoms with Crippen LogP contribution in [-0.2, 0) is 9.59 Å². The lowest BCUT2D eigenvalue weighted by molar-refractivity contribution is -0.124. The molecule has 1 saturated heterocycles. The van der Waals surface area contributed by atoms with Crippen molar-refractivity contribution in [2.45, 2.75) is 26.2 Å². The number of hydrogen-bond donors (Lipinski definition) is 2. The second-order valence-corrected chi connectivity index (χ2v) is 2.26. The van der Waals surface area contributed by atoms with E-state index in [0.29, 0.717) is 12.8 Å². The van der Waals surface area contributed by atoms with Crippen LogP contribution in [0.15, 0.2) is 0 Å². The highest BCUT2D eigenvalue weighted by molar-refractivity contribution is 6.01. The van der Waals surface area contributed by atoms with Crippen molar-refractivity contribution in [3.63, 3.8) is 0 Å². The Balaban J connectivity index is 0.000000218. The number of carbonyl (C=O) groups is 2. The highest BCUT2D eigenvalue weighted by Gasteiger charge is 2.15. The fraction of sp³-hybridized carbons (Fsp3) is 0.714. The molecule has 0 bridgehead atoms. The summed E-state index contributed by atoms with van der Waals surface area (Å²) in [6.45, 7) is 2.88. The molecule has 0 saturated carbocycles. The van der Waals surface area contributed by atoms with E-state index in [1.54, 1.807) is 0 Å². The minimum Gasteiger partial charge on any atom is -0.330 e. The fourth-order valence-corrected chi connectivity index (χ4v) is 0.508. The quantitative estimate of drug-likeness (QED) is 0.518. The van der Waals surface area contributed by atoms with Gasteiger partial charge in [-0.15, -0.1) is 0 Å². The summed E-state index contributed by atoms with van der Waals surface area (Å²) in [5.74, 6) is -0.296. The van der Waals surface area contributed by atoms with E-state index in [2.05, 4.69) is 12.2 Å². The van der Waals surface area contributed by atoms with Gasteiger partial charge in [0.2, 0.25) is 11.8 Å². The molecule has 0 atom stereocenters. The zero-order valence-electron chi connectivity index (χ0n) is 6.72. The summed E-state index contributed by atoms with van der Waals surface area (Å²) < 4.78 is 0. The molecule has 64 valence electrons. The average molecular weight is 158 g/mol. The van der Waals surface area contributed by atoms with E-state index >= 15 is 0 Å². The molecule has 1 aliphatic rings. The van der Waals surface area contributed by atoms with Crippen LogP contribution < -0.4 is 11.1 Å². The zero-order valence-corrected chi connectivity index (χ0v) is 6.72. The largest absolute Gasteiger partial charge is 0.330 e. The number of amides is 2. The van der Waals surface area contributed by atoms with Crippen LogP contribution in [0.3, 0.4) is 0 Å². The summed E-state index contributed by atoms with van der Waals surface area (Å²) >= 11 is 0. The van der Waals surface area contributed by atoms with Gasteiger partial charge in [-0.05, 0) is 13.0 Å². The summed E-state index contributed by atoms with van der Waals surface area (Å²) in [5, 5.41) is 2.14. The Morgan fingerprint density at radius 2 is 1.73 bits per heavy atom. The first-order valence-corrected chi connectivity index (χ1v) is 3.73. The molecule has 0 radical (unpaired) electrons. The number of hydrogen-bond acceptors (Lipinski definition) is 3. The summed E-state index contributed by atoms with van der Waals surface area (Å²) in [6, 6.07) is 0. The van der Waals surface area contributed by atoms with Crippen molar-refractivity contribution in [3.05, 3.63) is 0 Å². The third kappa shape index (κ3) is 5.54. The molecule has 1 heterocycles. The Hall–Kier alpha value is -0.900. The van der Waals surface area contributed by atoms with E-state index in [-0.39, 0.29) is 11.8 Å². The molecule has 0 aliphatic carbocycles. The van der Waals surface area contributed by atoms with Crippen molar-refractivity contribution in [1.82, 2.24) is 5.32 Å². The Morgan fingerprint density at radius 1 is 1.36 bits per heavy atom. The van der Waals surface area contributed by atoms with Crippen LogP contribution in [0.25, 0.3) is 0 Å². The fourth-order valence-electron chi connectivity index (χ4n) is 0.508. The second kappa shape index (κ2) is 5.85. The first kappa shape index (κ1) is 10.1. The number of carbonyl (C=O) groups excluding carboxylic acids is 2. The molecule has 3 N–H and O–H groups in total. The van der Waals surface area contributed by atoms with Gasteiger partial charge in [0.25, 0.3) is 0 Å². The lowest BCUT2D eigenvalue weighted by Gasteiger charge is -1.79. The van der Waals surface area contributed by atoms with E-state index in [4.69, 9.17) is 5.73 Å². The molecule has 0 spiro atoms. The van der Waals surface area contributed by atoms with Gasteiger partial charge in [0, 0.05) is 12.8 Å². The van der Waals surface area contributed by atoms with Crippen molar-refractivity contribution in [3.8, 4) is 0 Å². The van der Waals surface area contributed by atoms with Crippen molar-refractivity contribution >= 4 is 11.8 Å². The van der Waals surface area contributed by atoms with Gasteiger partial charge in [0.05, 0.1) is 0 Å². The van der Waals surface area contributed by atoms with Gasteiger partial charge in [-0.25, -0.2) is 0 Å². The van der Waals surface area contributed by atoms with Gasteiger partial charge in [-0.3, -0.25) is 14.9 Å². The molecule has 4 heteroatoms. The molecule has 0 aromatic heterocycles. The molecule has 1 fully saturated rings. The van der Waals surface area contributed by atoms with Crippen molar-refractivity contribution in [2.75, 3.05) is 6.54 Å². The highest BCUT2D eigenvalue weighted by Crippen LogP contribution is 1.95. The smallest absolute Gasteiger partial charge is 0.227 e. The number of imide groups is 1. The Kier molecular flexibility index (Phi) is 5.37. The van der Waals surface area contributed by atoms with E-state index in [1.807, 2.05) is 0 Å². The molecule has 0 unspecified atom stereocenters. The van der Waals surface area contributed by atoms with Crippen LogP contribution in [0, 0.1) is 0 Å². The predicted octanol–water partition coefficient (Wildman–Crippen LogP) is -0.222. The van der Waals surface area contributed by atoms with Gasteiger partial charge >= 0.3 is 0 Å². The van der Waals surface area contributed by atoms with Crippen LogP contribution in [0.5, 0.6) is 0 Å². The van der Waals surface area contributed by atoms with Gasteiger partial charge in [0.1, 0.15) is 0 Å². The van der Waals surface area contributed by atoms with Crippen molar-refractivity contribution in [2.24, 2.45) is 5.73 Å². The van der Waals surface area contributed by atoms with Gasteiger partial charge < -0.3 is 5.73 Å². The van der Waals surface area contributed by atoms with Crippen molar-refractivity contribution in [1.29, 1.82) is 0 Å². The Morgan fingerprint density at radius 3 is 1.82 bits per heavy atom.